The highest BCUT2D eigenvalue weighted by Gasteiger charge is 2.29. The molecule has 0 radical (unpaired) electrons. The van der Waals surface area contributed by atoms with Crippen LogP contribution < -0.4 is 0 Å². The van der Waals surface area contributed by atoms with Crippen molar-refractivity contribution in [2.24, 2.45) is 0 Å². The number of amides is 1. The zero-order chi connectivity index (χ0) is 52.8. The Hall–Kier alpha value is -4.95. The summed E-state index contributed by atoms with van der Waals surface area (Å²) < 4.78 is 149. The van der Waals surface area contributed by atoms with Crippen LogP contribution in [0.4, 0.5) is 4.79 Å². The average molecular weight is 742 g/mol. The maximum absolute atomic E-state index is 12.8. The van der Waals surface area contributed by atoms with Crippen molar-refractivity contribution in [2.45, 2.75) is 106 Å². The molecule has 0 atom stereocenters. The Kier molecular flexibility index (Phi) is 6.23. The Labute approximate surface area is 344 Å². The van der Waals surface area contributed by atoms with E-state index in [2.05, 4.69) is 9.97 Å². The smallest absolute Gasteiger partial charge is 0.410 e. The Morgan fingerprint density at radius 3 is 1.78 bits per heavy atom. The van der Waals surface area contributed by atoms with Gasteiger partial charge in [-0.05, 0) is 121 Å². The summed E-state index contributed by atoms with van der Waals surface area (Å²) in [4.78, 5) is 23.9. The highest BCUT2D eigenvalue weighted by atomic mass is 16.6. The van der Waals surface area contributed by atoms with Crippen molar-refractivity contribution in [1.29, 1.82) is 0 Å². The van der Waals surface area contributed by atoms with Crippen LogP contribution >= 0.6 is 0 Å². The molecule has 2 aromatic carbocycles. The van der Waals surface area contributed by atoms with E-state index < -0.39 is 58.1 Å². The van der Waals surface area contributed by atoms with Crippen LogP contribution in [-0.2, 0) is 56.4 Å². The number of aryl methyl sites for hydroxylation is 8. The Balaban J connectivity index is 0.000000209. The highest BCUT2D eigenvalue weighted by molar-refractivity contribution is 5.88. The molecule has 0 aliphatic carbocycles. The van der Waals surface area contributed by atoms with Gasteiger partial charge in [-0.15, -0.1) is 0 Å². The normalized spacial score (nSPS) is 20.9. The number of hydrogen-bond donors (Lipinski definition) is 0. The fourth-order valence-electron chi connectivity index (χ4n) is 6.78. The van der Waals surface area contributed by atoms with Crippen LogP contribution in [-0.4, -0.2) is 60.7 Å². The fourth-order valence-corrected chi connectivity index (χ4v) is 6.78. The summed E-state index contributed by atoms with van der Waals surface area (Å²) in [5, 5.41) is 0.887. The zero-order valence-corrected chi connectivity index (χ0v) is 31.2. The van der Waals surface area contributed by atoms with Gasteiger partial charge in [0.15, 0.2) is 0 Å². The van der Waals surface area contributed by atoms with E-state index in [9.17, 15) is 4.79 Å². The lowest BCUT2D eigenvalue weighted by Crippen LogP contribution is -2.40. The van der Waals surface area contributed by atoms with Gasteiger partial charge in [0.05, 0.1) is 12.0 Å². The van der Waals surface area contributed by atoms with E-state index in [4.69, 9.17) is 28.0 Å². The van der Waals surface area contributed by atoms with E-state index >= 15 is 0 Å². The lowest BCUT2D eigenvalue weighted by molar-refractivity contribution is 0.0223. The minimum atomic E-state index is -2.58. The number of rotatable bonds is 6. The molecule has 1 amide bonds. The summed E-state index contributed by atoms with van der Waals surface area (Å²) in [6.45, 7) is -3.03. The van der Waals surface area contributed by atoms with Crippen LogP contribution in [0.1, 0.15) is 100 Å². The third-order valence-corrected chi connectivity index (χ3v) is 9.40. The van der Waals surface area contributed by atoms with Gasteiger partial charge >= 0.3 is 6.09 Å². The van der Waals surface area contributed by atoms with Gasteiger partial charge in [0, 0.05) is 126 Å². The van der Waals surface area contributed by atoms with Crippen LogP contribution in [0.15, 0.2) is 73.1 Å². The maximum Gasteiger partial charge on any atom is 0.410 e. The number of fused-ring (bicyclic) bond motifs is 6. The molecule has 0 saturated heterocycles. The van der Waals surface area contributed by atoms with E-state index in [0.29, 0.717) is 55.7 Å². The molecule has 6 aromatic rings. The summed E-state index contributed by atoms with van der Waals surface area (Å²) in [7, 11) is 0. The van der Waals surface area contributed by atoms with Crippen molar-refractivity contribution >= 4 is 27.9 Å². The van der Waals surface area contributed by atoms with Crippen LogP contribution in [0.3, 0.4) is 0 Å². The summed E-state index contributed by atoms with van der Waals surface area (Å²) >= 11 is 0. The molecule has 54 heavy (non-hydrogen) atoms. The number of carbonyl (C=O) groups excluding carboxylic acids is 1. The second-order valence-electron chi connectivity index (χ2n) is 14.7. The molecular weight excluding hydrogens is 669 g/mol. The first-order valence-electron chi connectivity index (χ1n) is 26.4. The number of carbonyl (C=O) groups is 1. The number of ether oxygens (including phenoxy) is 1. The van der Waals surface area contributed by atoms with Gasteiger partial charge in [0.25, 0.3) is 0 Å². The molecule has 8 nitrogen and oxygen atoms in total. The lowest BCUT2D eigenvalue weighted by Gasteiger charge is -2.30. The molecule has 0 unspecified atom stereocenters. The molecular formula is C46H56N6O2. The molecule has 8 heteroatoms. The van der Waals surface area contributed by atoms with Crippen LogP contribution in [0.25, 0.3) is 21.8 Å². The third kappa shape index (κ3) is 8.24. The molecule has 0 fully saturated rings. The molecule has 0 saturated carbocycles. The molecule has 2 aliphatic heterocycles. The summed E-state index contributed by atoms with van der Waals surface area (Å²) in [6.07, 6.45) is -2.41. The minimum absolute atomic E-state index is 0.0229. The molecule has 282 valence electrons. The van der Waals surface area contributed by atoms with Gasteiger partial charge in [0.1, 0.15) is 5.60 Å². The quantitative estimate of drug-likeness (QED) is 0.171. The first-order valence-corrected chi connectivity index (χ1v) is 17.9. The van der Waals surface area contributed by atoms with Crippen LogP contribution in [0.5, 0.6) is 0 Å². The predicted molar refractivity (Wildman–Crippen MR) is 219 cm³/mol. The van der Waals surface area contributed by atoms with E-state index in [1.807, 2.05) is 0 Å². The summed E-state index contributed by atoms with van der Waals surface area (Å²) in [6, 6.07) is 15.0. The van der Waals surface area contributed by atoms with Gasteiger partial charge < -0.3 is 23.7 Å². The highest BCUT2D eigenvalue weighted by Crippen LogP contribution is 2.34. The molecule has 0 N–H and O–H groups in total. The second-order valence-corrected chi connectivity index (χ2v) is 14.7. The Morgan fingerprint density at radius 2 is 1.30 bits per heavy atom. The Bertz CT molecular complexity index is 2970. The van der Waals surface area contributed by atoms with Gasteiger partial charge in [-0.2, -0.15) is 0 Å². The van der Waals surface area contributed by atoms with E-state index in [1.54, 1.807) is 46.8 Å². The summed E-state index contributed by atoms with van der Waals surface area (Å²) in [5.41, 5.74) is 3.70. The number of benzene rings is 2. The first kappa shape index (κ1) is 21.8. The minimum Gasteiger partial charge on any atom is -0.444 e. The molecule has 6 heterocycles. The van der Waals surface area contributed by atoms with Crippen LogP contribution in [0, 0.1) is 27.6 Å². The van der Waals surface area contributed by atoms with E-state index in [-0.39, 0.29) is 61.3 Å². The SMILES string of the molecule is [2H]C([2H])([2H])c1ccc2c(c1)c1c(n2C([2H])([2H])C([2H])([2H])c2ccc(C)nc2)CCN(C(=O)OC(C)(C)C)C1.[2H]C([2H])([2H])c1ccc2c(c1)c1c(n2C([2H])([2H])C([2H])([2H])c2ccc(C)nc2)CCN(C([2H])([2H])[2H])C1. The molecule has 2 aliphatic rings. The molecule has 0 bridgehead atoms. The number of likely N-dealkylation sites (N-methyl/N-ethyl adjacent to an activating group) is 1. The number of aromatic nitrogens is 4. The Morgan fingerprint density at radius 1 is 0.759 bits per heavy atom. The first-order chi connectivity index (χ1) is 32.5. The monoisotopic (exact) mass is 742 g/mol. The number of hydrogen-bond acceptors (Lipinski definition) is 5. The number of pyridine rings is 2. The molecule has 4 aromatic heterocycles. The predicted octanol–water partition coefficient (Wildman–Crippen LogP) is 9.07. The summed E-state index contributed by atoms with van der Waals surface area (Å²) in [5.74, 6) is 0. The second kappa shape index (κ2) is 15.4. The van der Waals surface area contributed by atoms with E-state index in [1.165, 1.54) is 79.9 Å². The average Bonchev–Trinajstić information content (AvgIpc) is 3.77. The molecule has 8 rings (SSSR count). The van der Waals surface area contributed by atoms with Crippen molar-refractivity contribution in [3.63, 3.8) is 0 Å². The third-order valence-electron chi connectivity index (χ3n) is 9.40. The van der Waals surface area contributed by atoms with Gasteiger partial charge in [0.2, 0.25) is 0 Å². The van der Waals surface area contributed by atoms with Crippen molar-refractivity contribution in [3.05, 3.63) is 129 Å². The van der Waals surface area contributed by atoms with Crippen molar-refractivity contribution in [1.82, 2.24) is 28.9 Å². The van der Waals surface area contributed by atoms with Gasteiger partial charge in [-0.1, -0.05) is 35.4 Å². The van der Waals surface area contributed by atoms with Crippen LogP contribution in [0.2, 0.25) is 0 Å². The van der Waals surface area contributed by atoms with Crippen molar-refractivity contribution in [2.75, 3.05) is 20.1 Å². The topological polar surface area (TPSA) is 68.4 Å². The van der Waals surface area contributed by atoms with E-state index in [0.717, 1.165) is 0 Å². The maximum atomic E-state index is 12.8. The molecule has 0 spiro atoms. The zero-order valence-electron chi connectivity index (χ0n) is 48.2. The standard InChI is InChI=1S/C25H31N3O2.C21H25N3/c1-17-6-9-22-20(14-17)21-16-27(24(29)30-25(3,4)5)12-11-23(21)28(22)13-10-19-8-7-18(2)26-15-19;1-15-4-7-20-18(12-15)19-14-23(3)10-9-21(19)24(20)11-8-17-6-5-16(2)22-13-17/h6-9,14-15H,10-13,16H2,1-5H3;4-7,12-13H,8-11,14H2,1-3H3/i1D3,10D2,13D2;1D3,3D3,8D2,11D2. The van der Waals surface area contributed by atoms with Gasteiger partial charge in [-0.3, -0.25) is 9.97 Å². The van der Waals surface area contributed by atoms with Crippen molar-refractivity contribution in [3.8, 4) is 0 Å². The lowest BCUT2D eigenvalue weighted by atomic mass is 10.0. The largest absolute Gasteiger partial charge is 0.444 e. The van der Waals surface area contributed by atoms with Gasteiger partial charge in [-0.25, -0.2) is 4.79 Å². The fraction of sp³-hybridized carbons (Fsp3) is 0.413. The van der Waals surface area contributed by atoms with Crippen molar-refractivity contribution < 1.29 is 32.8 Å². The number of nitrogens with zero attached hydrogens (tertiary/aromatic N) is 6.